The Hall–Kier alpha value is -1.57. The van der Waals surface area contributed by atoms with Crippen molar-refractivity contribution in [3.05, 3.63) is 48.6 Å². The van der Waals surface area contributed by atoms with Gasteiger partial charge in [-0.05, 0) is 13.3 Å². The highest BCUT2D eigenvalue weighted by Crippen LogP contribution is 2.08. The van der Waals surface area contributed by atoms with Crippen molar-refractivity contribution < 1.29 is 9.53 Å². The van der Waals surface area contributed by atoms with Gasteiger partial charge in [0.1, 0.15) is 0 Å². The Balaban J connectivity index is 3.59. The van der Waals surface area contributed by atoms with E-state index < -0.39 is 0 Å². The quantitative estimate of drug-likeness (QED) is 0.183. The minimum absolute atomic E-state index is 0.261. The SMILES string of the molecule is C=C\C=C/C=C(C)/C=C/C(=O)OCCCCCCCCCC. The first-order valence-electron chi connectivity index (χ1n) is 8.51. The molecule has 0 aromatic heterocycles. The maximum absolute atomic E-state index is 11.5. The molecule has 0 spiro atoms. The van der Waals surface area contributed by atoms with Crippen molar-refractivity contribution in [1.29, 1.82) is 0 Å². The van der Waals surface area contributed by atoms with Crippen LogP contribution in [0.4, 0.5) is 0 Å². The molecular formula is C20H32O2. The van der Waals surface area contributed by atoms with Gasteiger partial charge in [0.25, 0.3) is 0 Å². The number of unbranched alkanes of at least 4 members (excludes halogenated alkanes) is 7. The van der Waals surface area contributed by atoms with Crippen molar-refractivity contribution in [3.8, 4) is 0 Å². The van der Waals surface area contributed by atoms with Gasteiger partial charge >= 0.3 is 5.97 Å². The van der Waals surface area contributed by atoms with Crippen LogP contribution < -0.4 is 0 Å². The van der Waals surface area contributed by atoms with Crippen molar-refractivity contribution >= 4 is 5.97 Å². The zero-order valence-corrected chi connectivity index (χ0v) is 14.4. The Morgan fingerprint density at radius 3 is 2.23 bits per heavy atom. The summed E-state index contributed by atoms with van der Waals surface area (Å²) in [6.45, 7) is 8.30. The first-order valence-corrected chi connectivity index (χ1v) is 8.51. The van der Waals surface area contributed by atoms with Gasteiger partial charge in [-0.25, -0.2) is 4.79 Å². The number of carbonyl (C=O) groups excluding carboxylic acids is 1. The number of hydrogen-bond donors (Lipinski definition) is 0. The second-order valence-corrected chi connectivity index (χ2v) is 5.51. The fourth-order valence-corrected chi connectivity index (χ4v) is 2.00. The third-order valence-electron chi connectivity index (χ3n) is 3.33. The lowest BCUT2D eigenvalue weighted by atomic mass is 10.1. The van der Waals surface area contributed by atoms with Crippen LogP contribution in [0.2, 0.25) is 0 Å². The molecule has 0 aromatic rings. The summed E-state index contributed by atoms with van der Waals surface area (Å²) in [5.41, 5.74) is 1.00. The number of ether oxygens (including phenoxy) is 1. The zero-order valence-electron chi connectivity index (χ0n) is 14.4. The van der Waals surface area contributed by atoms with E-state index in [1.54, 1.807) is 12.2 Å². The molecule has 124 valence electrons. The third-order valence-corrected chi connectivity index (χ3v) is 3.33. The first kappa shape index (κ1) is 20.4. The number of hydrogen-bond acceptors (Lipinski definition) is 2. The smallest absolute Gasteiger partial charge is 0.330 e. The van der Waals surface area contributed by atoms with Gasteiger partial charge in [0, 0.05) is 6.08 Å². The Bertz CT molecular complexity index is 375. The molecule has 0 unspecified atom stereocenters. The largest absolute Gasteiger partial charge is 0.463 e. The molecule has 22 heavy (non-hydrogen) atoms. The highest BCUT2D eigenvalue weighted by atomic mass is 16.5. The highest BCUT2D eigenvalue weighted by Gasteiger charge is 1.97. The highest BCUT2D eigenvalue weighted by molar-refractivity contribution is 5.82. The average Bonchev–Trinajstić information content (AvgIpc) is 2.51. The van der Waals surface area contributed by atoms with Crippen LogP contribution in [-0.4, -0.2) is 12.6 Å². The average molecular weight is 304 g/mol. The summed E-state index contributed by atoms with van der Waals surface area (Å²) in [6.07, 6.45) is 20.6. The molecular weight excluding hydrogens is 272 g/mol. The molecule has 0 atom stereocenters. The summed E-state index contributed by atoms with van der Waals surface area (Å²) in [5.74, 6) is -0.261. The van der Waals surface area contributed by atoms with Crippen molar-refractivity contribution in [3.63, 3.8) is 0 Å². The van der Waals surface area contributed by atoms with E-state index >= 15 is 0 Å². The van der Waals surface area contributed by atoms with E-state index in [4.69, 9.17) is 4.74 Å². The van der Waals surface area contributed by atoms with E-state index in [1.165, 1.54) is 44.6 Å². The molecule has 0 fully saturated rings. The second kappa shape index (κ2) is 15.8. The van der Waals surface area contributed by atoms with E-state index in [9.17, 15) is 4.79 Å². The van der Waals surface area contributed by atoms with Crippen LogP contribution in [0.1, 0.15) is 65.2 Å². The molecule has 0 aliphatic rings. The van der Waals surface area contributed by atoms with E-state index in [0.29, 0.717) is 6.61 Å². The minimum Gasteiger partial charge on any atom is -0.463 e. The molecule has 0 aromatic carbocycles. The lowest BCUT2D eigenvalue weighted by molar-refractivity contribution is -0.137. The van der Waals surface area contributed by atoms with Gasteiger partial charge in [0.05, 0.1) is 6.61 Å². The fourth-order valence-electron chi connectivity index (χ4n) is 2.00. The molecule has 0 radical (unpaired) electrons. The molecule has 0 heterocycles. The van der Waals surface area contributed by atoms with Gasteiger partial charge < -0.3 is 4.74 Å². The predicted octanol–water partition coefficient (Wildman–Crippen LogP) is 5.92. The zero-order chi connectivity index (χ0) is 16.5. The summed E-state index contributed by atoms with van der Waals surface area (Å²) in [7, 11) is 0. The summed E-state index contributed by atoms with van der Waals surface area (Å²) >= 11 is 0. The van der Waals surface area contributed by atoms with Gasteiger partial charge in [0.15, 0.2) is 0 Å². The van der Waals surface area contributed by atoms with Crippen LogP contribution in [0.15, 0.2) is 48.6 Å². The fraction of sp³-hybridized carbons (Fsp3) is 0.550. The van der Waals surface area contributed by atoms with E-state index in [-0.39, 0.29) is 5.97 Å². The summed E-state index contributed by atoms with van der Waals surface area (Å²) in [4.78, 5) is 11.5. The van der Waals surface area contributed by atoms with Crippen LogP contribution in [0.5, 0.6) is 0 Å². The second-order valence-electron chi connectivity index (χ2n) is 5.51. The maximum atomic E-state index is 11.5. The van der Waals surface area contributed by atoms with Crippen molar-refractivity contribution in [2.24, 2.45) is 0 Å². The first-order chi connectivity index (χ1) is 10.7. The Morgan fingerprint density at radius 2 is 1.59 bits per heavy atom. The Labute approximate surface area is 136 Å². The molecule has 0 aliphatic heterocycles. The molecule has 2 nitrogen and oxygen atoms in total. The maximum Gasteiger partial charge on any atom is 0.330 e. The molecule has 0 rings (SSSR count). The molecule has 0 aliphatic carbocycles. The van der Waals surface area contributed by atoms with Gasteiger partial charge in [-0.1, -0.05) is 94.4 Å². The molecule has 0 N–H and O–H groups in total. The summed E-state index contributed by atoms with van der Waals surface area (Å²) in [6, 6.07) is 0. The lowest BCUT2D eigenvalue weighted by Gasteiger charge is -2.02. The van der Waals surface area contributed by atoms with Gasteiger partial charge in [-0.2, -0.15) is 0 Å². The van der Waals surface area contributed by atoms with Crippen LogP contribution in [-0.2, 0) is 9.53 Å². The normalized spacial score (nSPS) is 12.2. The van der Waals surface area contributed by atoms with Gasteiger partial charge in [0.2, 0.25) is 0 Å². The molecule has 0 amide bonds. The predicted molar refractivity (Wildman–Crippen MR) is 95.8 cm³/mol. The van der Waals surface area contributed by atoms with Crippen molar-refractivity contribution in [1.82, 2.24) is 0 Å². The molecule has 2 heteroatoms. The van der Waals surface area contributed by atoms with Gasteiger partial charge in [-0.3, -0.25) is 0 Å². The Kier molecular flexibility index (Phi) is 14.7. The summed E-state index contributed by atoms with van der Waals surface area (Å²) in [5, 5.41) is 0. The van der Waals surface area contributed by atoms with Crippen LogP contribution >= 0.6 is 0 Å². The number of esters is 1. The minimum atomic E-state index is -0.261. The molecule has 0 bridgehead atoms. The number of carbonyl (C=O) groups is 1. The van der Waals surface area contributed by atoms with Crippen LogP contribution in [0, 0.1) is 0 Å². The van der Waals surface area contributed by atoms with E-state index in [2.05, 4.69) is 13.5 Å². The standard InChI is InChI=1S/C20H32O2/c1-4-6-8-9-10-11-12-14-18-22-20(21)17-16-19(3)15-13-7-5-2/h5,7,13,15-17H,2,4,6,8-12,14,18H2,1,3H3/b13-7-,17-16+,19-15+. The summed E-state index contributed by atoms with van der Waals surface area (Å²) < 4.78 is 5.18. The topological polar surface area (TPSA) is 26.3 Å². The molecule has 0 saturated heterocycles. The number of allylic oxidation sites excluding steroid dienone is 6. The number of rotatable bonds is 13. The van der Waals surface area contributed by atoms with E-state index in [0.717, 1.165) is 18.4 Å². The lowest BCUT2D eigenvalue weighted by Crippen LogP contribution is -2.02. The van der Waals surface area contributed by atoms with Crippen LogP contribution in [0.25, 0.3) is 0 Å². The van der Waals surface area contributed by atoms with Crippen molar-refractivity contribution in [2.45, 2.75) is 65.2 Å². The Morgan fingerprint density at radius 1 is 0.955 bits per heavy atom. The monoisotopic (exact) mass is 304 g/mol. The van der Waals surface area contributed by atoms with E-state index in [1.807, 2.05) is 25.2 Å². The van der Waals surface area contributed by atoms with Crippen molar-refractivity contribution in [2.75, 3.05) is 6.61 Å². The molecule has 0 saturated carbocycles. The van der Waals surface area contributed by atoms with Gasteiger partial charge in [-0.15, -0.1) is 0 Å². The third kappa shape index (κ3) is 14.8. The van der Waals surface area contributed by atoms with Crippen LogP contribution in [0.3, 0.4) is 0 Å².